The molecular weight excluding hydrogens is 511 g/mol. The molecule has 1 aromatic carbocycles. The van der Waals surface area contributed by atoms with Crippen molar-refractivity contribution in [1.29, 1.82) is 0 Å². The molecule has 1 aromatic rings. The van der Waals surface area contributed by atoms with E-state index in [1.807, 2.05) is 24.3 Å². The summed E-state index contributed by atoms with van der Waals surface area (Å²) >= 11 is 5.93. The topological polar surface area (TPSA) is 86.8 Å². The van der Waals surface area contributed by atoms with E-state index >= 15 is 0 Å². The Kier molecular flexibility index (Phi) is 8.30. The molecule has 0 aliphatic carbocycles. The second kappa shape index (κ2) is 10.6. The molecule has 2 saturated heterocycles. The average Bonchev–Trinajstić information content (AvgIpc) is 3.01. The number of alkyl halides is 3. The van der Waals surface area contributed by atoms with E-state index in [1.54, 1.807) is 6.08 Å². The van der Waals surface area contributed by atoms with Gasteiger partial charge in [0.25, 0.3) is 11.8 Å². The Labute approximate surface area is 205 Å². The van der Waals surface area contributed by atoms with Gasteiger partial charge in [0.2, 0.25) is 0 Å². The van der Waals surface area contributed by atoms with E-state index in [9.17, 15) is 31.2 Å². The predicted octanol–water partition coefficient (Wildman–Crippen LogP) is 3.87. The van der Waals surface area contributed by atoms with Gasteiger partial charge in [-0.25, -0.2) is 4.72 Å². The minimum absolute atomic E-state index is 0.0534. The molecule has 186 valence electrons. The first-order chi connectivity index (χ1) is 15.9. The Hall–Kier alpha value is -2.12. The number of benzene rings is 1. The number of hydrogen-bond donors (Lipinski definition) is 1. The van der Waals surface area contributed by atoms with Gasteiger partial charge in [0, 0.05) is 18.8 Å². The summed E-state index contributed by atoms with van der Waals surface area (Å²) in [7, 11) is -5.86. The third-order valence-corrected chi connectivity index (χ3v) is 8.08. The summed E-state index contributed by atoms with van der Waals surface area (Å²) in [6, 6.07) is 7.62. The monoisotopic (exact) mass is 535 g/mol. The molecule has 2 aliphatic heterocycles. The van der Waals surface area contributed by atoms with Gasteiger partial charge in [-0.1, -0.05) is 55.9 Å². The fourth-order valence-corrected chi connectivity index (χ4v) is 5.58. The van der Waals surface area contributed by atoms with Crippen LogP contribution in [0.5, 0.6) is 0 Å². The molecular formula is C21H24F3N3O4S3. The van der Waals surface area contributed by atoms with Crippen molar-refractivity contribution in [3.05, 3.63) is 34.7 Å². The lowest BCUT2D eigenvalue weighted by Crippen LogP contribution is -2.45. The molecule has 1 N–H and O–H groups in total. The van der Waals surface area contributed by atoms with Crippen molar-refractivity contribution in [2.24, 2.45) is 5.92 Å². The van der Waals surface area contributed by atoms with Crippen molar-refractivity contribution in [2.75, 3.05) is 24.5 Å². The van der Waals surface area contributed by atoms with Crippen LogP contribution in [-0.4, -0.2) is 54.6 Å². The third kappa shape index (κ3) is 6.30. The number of anilines is 1. The van der Waals surface area contributed by atoms with E-state index in [-0.39, 0.29) is 9.23 Å². The number of carbonyl (C=O) groups is 2. The van der Waals surface area contributed by atoms with Crippen LogP contribution in [0.15, 0.2) is 29.2 Å². The third-order valence-electron chi connectivity index (χ3n) is 5.60. The van der Waals surface area contributed by atoms with Crippen molar-refractivity contribution in [3.8, 4) is 0 Å². The van der Waals surface area contributed by atoms with Crippen LogP contribution >= 0.6 is 24.0 Å². The summed E-state index contributed by atoms with van der Waals surface area (Å²) < 4.78 is 60.3. The van der Waals surface area contributed by atoms with Crippen LogP contribution < -0.4 is 9.62 Å². The van der Waals surface area contributed by atoms with Crippen LogP contribution in [0.25, 0.3) is 6.08 Å². The first-order valence-corrected chi connectivity index (χ1v) is 13.3. The number of thiocarbonyl (C=S) groups is 1. The van der Waals surface area contributed by atoms with Crippen molar-refractivity contribution in [3.63, 3.8) is 0 Å². The Morgan fingerprint density at radius 1 is 1.24 bits per heavy atom. The molecule has 0 aromatic heterocycles. The largest absolute Gasteiger partial charge is 0.516 e. The van der Waals surface area contributed by atoms with Gasteiger partial charge in [-0.05, 0) is 42.5 Å². The average molecular weight is 536 g/mol. The van der Waals surface area contributed by atoms with E-state index in [2.05, 4.69) is 11.8 Å². The number of piperidine rings is 1. The lowest BCUT2D eigenvalue weighted by molar-refractivity contribution is -0.128. The molecule has 0 atom stereocenters. The Morgan fingerprint density at radius 2 is 1.85 bits per heavy atom. The van der Waals surface area contributed by atoms with Gasteiger partial charge in [-0.2, -0.15) is 21.6 Å². The van der Waals surface area contributed by atoms with E-state index in [0.717, 1.165) is 58.9 Å². The summed E-state index contributed by atoms with van der Waals surface area (Å²) in [5.74, 6) is -1.42. The van der Waals surface area contributed by atoms with Crippen LogP contribution in [0.1, 0.15) is 38.2 Å². The smallest absolute Gasteiger partial charge is 0.372 e. The second-order valence-corrected chi connectivity index (χ2v) is 11.4. The molecule has 2 fully saturated rings. The quantitative estimate of drug-likeness (QED) is 0.419. The normalized spacial score (nSPS) is 19.2. The fourth-order valence-electron chi connectivity index (χ4n) is 3.84. The summed E-state index contributed by atoms with van der Waals surface area (Å²) in [4.78, 5) is 27.7. The molecule has 2 aliphatic rings. The van der Waals surface area contributed by atoms with Crippen LogP contribution in [0.3, 0.4) is 0 Å². The zero-order valence-electron chi connectivity index (χ0n) is 18.3. The summed E-state index contributed by atoms with van der Waals surface area (Å²) in [6.07, 6.45) is 6.35. The number of thioether (sulfide) groups is 1. The molecule has 13 heteroatoms. The van der Waals surface area contributed by atoms with Gasteiger partial charge in [-0.15, -0.1) is 0 Å². The summed E-state index contributed by atoms with van der Waals surface area (Å²) in [5, 5.41) is 0. The van der Waals surface area contributed by atoms with Crippen molar-refractivity contribution in [2.45, 2.75) is 38.1 Å². The van der Waals surface area contributed by atoms with Crippen LogP contribution in [0, 0.1) is 5.92 Å². The summed E-state index contributed by atoms with van der Waals surface area (Å²) in [5.41, 5.74) is -3.84. The highest BCUT2D eigenvalue weighted by Crippen LogP contribution is 2.33. The van der Waals surface area contributed by atoms with Crippen molar-refractivity contribution < 1.29 is 31.2 Å². The SMILES string of the molecule is CCCC1CCN(c2ccc(C=C3SC(=S)N(CC(=O)NS(=O)(=O)C(F)(F)F)C3=O)cc2)CC1. The molecule has 0 bridgehead atoms. The van der Waals surface area contributed by atoms with E-state index in [4.69, 9.17) is 12.2 Å². The highest BCUT2D eigenvalue weighted by atomic mass is 32.2. The van der Waals surface area contributed by atoms with Crippen LogP contribution in [-0.2, 0) is 19.6 Å². The molecule has 7 nitrogen and oxygen atoms in total. The number of carbonyl (C=O) groups excluding carboxylic acids is 2. The lowest BCUT2D eigenvalue weighted by Gasteiger charge is -2.33. The molecule has 0 spiro atoms. The first-order valence-electron chi connectivity index (χ1n) is 10.6. The second-order valence-electron chi connectivity index (χ2n) is 8.05. The molecule has 0 saturated carbocycles. The molecule has 0 radical (unpaired) electrons. The zero-order valence-corrected chi connectivity index (χ0v) is 20.7. The number of sulfonamides is 1. The first kappa shape index (κ1) is 26.5. The van der Waals surface area contributed by atoms with Gasteiger partial charge < -0.3 is 4.90 Å². The number of halogens is 3. The van der Waals surface area contributed by atoms with Gasteiger partial charge in [0.15, 0.2) is 0 Å². The number of amides is 2. The highest BCUT2D eigenvalue weighted by molar-refractivity contribution is 8.26. The standard InChI is InChI=1S/C21H24F3N3O4S3/c1-2-3-14-8-10-26(11-9-14)16-6-4-15(5-7-16)12-17-19(29)27(20(32)33-17)13-18(28)25-34(30,31)21(22,23)24/h4-7,12,14H,2-3,8-11,13H2,1H3,(H,25,28). The van der Waals surface area contributed by atoms with Gasteiger partial charge in [0.1, 0.15) is 10.9 Å². The Balaban J connectivity index is 1.62. The Morgan fingerprint density at radius 3 is 2.41 bits per heavy atom. The van der Waals surface area contributed by atoms with Crippen LogP contribution in [0.4, 0.5) is 18.9 Å². The number of nitrogens with one attached hydrogen (secondary N) is 1. The fraction of sp³-hybridized carbons (Fsp3) is 0.476. The molecule has 3 rings (SSSR count). The lowest BCUT2D eigenvalue weighted by atomic mass is 9.92. The molecule has 0 unspecified atom stereocenters. The number of nitrogens with zero attached hydrogens (tertiary/aromatic N) is 2. The van der Waals surface area contributed by atoms with Crippen molar-refractivity contribution >= 4 is 61.9 Å². The summed E-state index contributed by atoms with van der Waals surface area (Å²) in [6.45, 7) is 3.25. The van der Waals surface area contributed by atoms with Gasteiger partial charge >= 0.3 is 15.5 Å². The predicted molar refractivity (Wildman–Crippen MR) is 129 cm³/mol. The maximum Gasteiger partial charge on any atom is 0.516 e. The van der Waals surface area contributed by atoms with Gasteiger partial charge in [-0.3, -0.25) is 14.5 Å². The van der Waals surface area contributed by atoms with E-state index in [0.29, 0.717) is 5.56 Å². The minimum Gasteiger partial charge on any atom is -0.372 e. The van der Waals surface area contributed by atoms with E-state index in [1.165, 1.54) is 12.8 Å². The Bertz CT molecular complexity index is 1080. The zero-order chi connectivity index (χ0) is 25.1. The maximum absolute atomic E-state index is 12.6. The molecule has 2 amide bonds. The molecule has 34 heavy (non-hydrogen) atoms. The number of rotatable bonds is 7. The highest BCUT2D eigenvalue weighted by Gasteiger charge is 2.47. The van der Waals surface area contributed by atoms with Crippen molar-refractivity contribution in [1.82, 2.24) is 9.62 Å². The molecule has 2 heterocycles. The number of hydrogen-bond acceptors (Lipinski definition) is 7. The minimum atomic E-state index is -5.86. The van der Waals surface area contributed by atoms with Gasteiger partial charge in [0.05, 0.1) is 4.91 Å². The van der Waals surface area contributed by atoms with E-state index < -0.39 is 33.9 Å². The van der Waals surface area contributed by atoms with Crippen LogP contribution in [0.2, 0.25) is 0 Å². The maximum atomic E-state index is 12.6.